The van der Waals surface area contributed by atoms with E-state index < -0.39 is 0 Å². The van der Waals surface area contributed by atoms with Crippen molar-refractivity contribution in [3.63, 3.8) is 0 Å². The van der Waals surface area contributed by atoms with Crippen molar-refractivity contribution in [3.8, 4) is 5.75 Å². The van der Waals surface area contributed by atoms with E-state index in [4.69, 9.17) is 9.47 Å². The number of carbonyl (C=O) groups excluding carboxylic acids is 1. The zero-order valence-electron chi connectivity index (χ0n) is 15.6. The molecular formula is C22H27NO3. The highest BCUT2D eigenvalue weighted by Crippen LogP contribution is 2.35. The maximum Gasteiger partial charge on any atom is 0.251 e. The van der Waals surface area contributed by atoms with E-state index in [1.165, 1.54) is 11.1 Å². The fourth-order valence-electron chi connectivity index (χ4n) is 3.52. The minimum absolute atomic E-state index is 0.0213. The largest absolute Gasteiger partial charge is 0.497 e. The molecule has 0 spiro atoms. The SMILES string of the molecule is CCc1ccc(C(=O)NCC2(c3ccc(OC)cc3)CCOCC2)cc1. The topological polar surface area (TPSA) is 47.6 Å². The van der Waals surface area contributed by atoms with E-state index >= 15 is 0 Å². The molecule has 2 aromatic rings. The highest BCUT2D eigenvalue weighted by Gasteiger charge is 2.35. The molecule has 0 aliphatic carbocycles. The van der Waals surface area contributed by atoms with Gasteiger partial charge in [0.25, 0.3) is 5.91 Å². The van der Waals surface area contributed by atoms with Crippen LogP contribution in [0.3, 0.4) is 0 Å². The molecule has 3 rings (SSSR count). The van der Waals surface area contributed by atoms with Crippen molar-refractivity contribution >= 4 is 5.91 Å². The summed E-state index contributed by atoms with van der Waals surface area (Å²) in [5.41, 5.74) is 3.08. The summed E-state index contributed by atoms with van der Waals surface area (Å²) in [6.07, 6.45) is 2.77. The lowest BCUT2D eigenvalue weighted by molar-refractivity contribution is 0.0487. The Balaban J connectivity index is 1.74. The summed E-state index contributed by atoms with van der Waals surface area (Å²) >= 11 is 0. The summed E-state index contributed by atoms with van der Waals surface area (Å²) in [6, 6.07) is 16.0. The average Bonchev–Trinajstić information content (AvgIpc) is 2.73. The minimum Gasteiger partial charge on any atom is -0.497 e. The number of hydrogen-bond acceptors (Lipinski definition) is 3. The van der Waals surface area contributed by atoms with E-state index in [-0.39, 0.29) is 11.3 Å². The third-order valence-electron chi connectivity index (χ3n) is 5.36. The van der Waals surface area contributed by atoms with Crippen molar-refractivity contribution in [3.05, 3.63) is 65.2 Å². The van der Waals surface area contributed by atoms with Crippen LogP contribution in [0.25, 0.3) is 0 Å². The van der Waals surface area contributed by atoms with Gasteiger partial charge in [0.05, 0.1) is 7.11 Å². The van der Waals surface area contributed by atoms with Gasteiger partial charge in [0, 0.05) is 30.7 Å². The Morgan fingerprint density at radius 2 is 1.73 bits per heavy atom. The summed E-state index contributed by atoms with van der Waals surface area (Å²) in [7, 11) is 1.67. The molecule has 1 N–H and O–H groups in total. The molecule has 0 unspecified atom stereocenters. The smallest absolute Gasteiger partial charge is 0.251 e. The summed E-state index contributed by atoms with van der Waals surface area (Å²) in [6.45, 7) is 4.15. The summed E-state index contributed by atoms with van der Waals surface area (Å²) in [5.74, 6) is 0.822. The zero-order chi connectivity index (χ0) is 18.4. The van der Waals surface area contributed by atoms with Gasteiger partial charge in [-0.05, 0) is 54.7 Å². The quantitative estimate of drug-likeness (QED) is 0.861. The van der Waals surface area contributed by atoms with Crippen molar-refractivity contribution < 1.29 is 14.3 Å². The number of benzene rings is 2. The molecule has 0 saturated carbocycles. The van der Waals surface area contributed by atoms with E-state index in [0.29, 0.717) is 25.3 Å². The molecule has 1 heterocycles. The molecule has 1 amide bonds. The molecule has 2 aromatic carbocycles. The first-order chi connectivity index (χ1) is 12.7. The van der Waals surface area contributed by atoms with E-state index in [2.05, 4.69) is 24.4 Å². The first-order valence-electron chi connectivity index (χ1n) is 9.26. The molecule has 1 saturated heterocycles. The number of amides is 1. The summed E-state index contributed by atoms with van der Waals surface area (Å²) in [5, 5.41) is 3.15. The molecule has 138 valence electrons. The van der Waals surface area contributed by atoms with Crippen LogP contribution in [0.4, 0.5) is 0 Å². The van der Waals surface area contributed by atoms with Gasteiger partial charge in [0.1, 0.15) is 5.75 Å². The van der Waals surface area contributed by atoms with Gasteiger partial charge in [-0.15, -0.1) is 0 Å². The third-order valence-corrected chi connectivity index (χ3v) is 5.36. The predicted octanol–water partition coefficient (Wildman–Crippen LogP) is 3.74. The van der Waals surface area contributed by atoms with E-state index in [1.807, 2.05) is 36.4 Å². The monoisotopic (exact) mass is 353 g/mol. The van der Waals surface area contributed by atoms with Gasteiger partial charge in [-0.25, -0.2) is 0 Å². The molecule has 4 heteroatoms. The van der Waals surface area contributed by atoms with Crippen molar-refractivity contribution in [1.29, 1.82) is 0 Å². The van der Waals surface area contributed by atoms with Crippen LogP contribution in [-0.2, 0) is 16.6 Å². The lowest BCUT2D eigenvalue weighted by atomic mass is 9.74. The van der Waals surface area contributed by atoms with Crippen LogP contribution in [-0.4, -0.2) is 32.8 Å². The zero-order valence-corrected chi connectivity index (χ0v) is 15.6. The van der Waals surface area contributed by atoms with Crippen molar-refractivity contribution in [2.75, 3.05) is 26.9 Å². The Kier molecular flexibility index (Phi) is 5.94. The first-order valence-corrected chi connectivity index (χ1v) is 9.26. The second-order valence-electron chi connectivity index (χ2n) is 6.85. The van der Waals surface area contributed by atoms with Gasteiger partial charge in [-0.3, -0.25) is 4.79 Å². The molecule has 0 radical (unpaired) electrons. The van der Waals surface area contributed by atoms with Crippen molar-refractivity contribution in [2.24, 2.45) is 0 Å². The Hall–Kier alpha value is -2.33. The van der Waals surface area contributed by atoms with E-state index in [1.54, 1.807) is 7.11 Å². The summed E-state index contributed by atoms with van der Waals surface area (Å²) in [4.78, 5) is 12.6. The highest BCUT2D eigenvalue weighted by molar-refractivity contribution is 5.94. The van der Waals surface area contributed by atoms with E-state index in [0.717, 1.165) is 25.0 Å². The van der Waals surface area contributed by atoms with Gasteiger partial charge in [-0.1, -0.05) is 31.2 Å². The van der Waals surface area contributed by atoms with Gasteiger partial charge in [-0.2, -0.15) is 0 Å². The van der Waals surface area contributed by atoms with Crippen LogP contribution >= 0.6 is 0 Å². The molecule has 1 fully saturated rings. The van der Waals surface area contributed by atoms with Gasteiger partial charge in [0.2, 0.25) is 0 Å². The molecule has 26 heavy (non-hydrogen) atoms. The molecule has 0 aromatic heterocycles. The number of ether oxygens (including phenoxy) is 2. The summed E-state index contributed by atoms with van der Waals surface area (Å²) < 4.78 is 10.8. The van der Waals surface area contributed by atoms with Gasteiger partial charge < -0.3 is 14.8 Å². The Morgan fingerprint density at radius 3 is 2.31 bits per heavy atom. The average molecular weight is 353 g/mol. The Labute approximate surface area is 155 Å². The molecular weight excluding hydrogens is 326 g/mol. The Morgan fingerprint density at radius 1 is 1.08 bits per heavy atom. The molecule has 0 atom stereocenters. The van der Waals surface area contributed by atoms with Crippen LogP contribution in [0.2, 0.25) is 0 Å². The van der Waals surface area contributed by atoms with Crippen LogP contribution in [0.5, 0.6) is 5.75 Å². The molecule has 1 aliphatic heterocycles. The third kappa shape index (κ3) is 4.07. The number of methoxy groups -OCH3 is 1. The standard InChI is InChI=1S/C22H27NO3/c1-3-17-4-6-18(7-5-17)21(24)23-16-22(12-14-26-15-13-22)19-8-10-20(25-2)11-9-19/h4-11H,3,12-16H2,1-2H3,(H,23,24). The van der Waals surface area contributed by atoms with Gasteiger partial charge in [0.15, 0.2) is 0 Å². The van der Waals surface area contributed by atoms with Gasteiger partial charge >= 0.3 is 0 Å². The normalized spacial score (nSPS) is 16.1. The fraction of sp³-hybridized carbons (Fsp3) is 0.409. The lowest BCUT2D eigenvalue weighted by Gasteiger charge is -2.38. The Bertz CT molecular complexity index is 716. The molecule has 0 bridgehead atoms. The molecule has 1 aliphatic rings. The second kappa shape index (κ2) is 8.37. The van der Waals surface area contributed by atoms with Crippen LogP contribution in [0, 0.1) is 0 Å². The van der Waals surface area contributed by atoms with Crippen LogP contribution < -0.4 is 10.1 Å². The van der Waals surface area contributed by atoms with Crippen LogP contribution in [0.15, 0.2) is 48.5 Å². The van der Waals surface area contributed by atoms with Crippen LogP contribution in [0.1, 0.15) is 41.3 Å². The van der Waals surface area contributed by atoms with Crippen molar-refractivity contribution in [2.45, 2.75) is 31.6 Å². The minimum atomic E-state index is -0.0937. The lowest BCUT2D eigenvalue weighted by Crippen LogP contribution is -2.44. The number of carbonyl (C=O) groups is 1. The number of nitrogens with one attached hydrogen (secondary N) is 1. The second-order valence-corrected chi connectivity index (χ2v) is 6.85. The maximum atomic E-state index is 12.6. The number of hydrogen-bond donors (Lipinski definition) is 1. The first kappa shape index (κ1) is 18.5. The predicted molar refractivity (Wildman–Crippen MR) is 103 cm³/mol. The van der Waals surface area contributed by atoms with E-state index in [9.17, 15) is 4.79 Å². The fourth-order valence-corrected chi connectivity index (χ4v) is 3.52. The highest BCUT2D eigenvalue weighted by atomic mass is 16.5. The molecule has 4 nitrogen and oxygen atoms in total. The van der Waals surface area contributed by atoms with Crippen molar-refractivity contribution in [1.82, 2.24) is 5.32 Å². The number of rotatable bonds is 6. The number of aryl methyl sites for hydroxylation is 1. The maximum absolute atomic E-state index is 12.6.